The van der Waals surface area contributed by atoms with Gasteiger partial charge in [-0.05, 0) is 64.2 Å². The highest BCUT2D eigenvalue weighted by Gasteiger charge is 2.44. The molecule has 1 heterocycles. The monoisotopic (exact) mass is 404 g/mol. The van der Waals surface area contributed by atoms with Crippen molar-refractivity contribution in [3.8, 4) is 0 Å². The van der Waals surface area contributed by atoms with Crippen LogP contribution in [0.3, 0.4) is 0 Å². The number of nitrogens with one attached hydrogen (secondary N) is 2. The number of aliphatic imine (C=N–C) groups is 1. The van der Waals surface area contributed by atoms with Gasteiger partial charge in [0.15, 0.2) is 5.96 Å². The van der Waals surface area contributed by atoms with Gasteiger partial charge in [-0.25, -0.2) is 4.39 Å². The molecule has 0 unspecified atom stereocenters. The zero-order chi connectivity index (χ0) is 20.7. The van der Waals surface area contributed by atoms with Crippen molar-refractivity contribution in [2.45, 2.75) is 64.0 Å². The minimum absolute atomic E-state index is 0.0181. The molecule has 0 spiro atoms. The van der Waals surface area contributed by atoms with Gasteiger partial charge in [0.1, 0.15) is 5.82 Å². The van der Waals surface area contributed by atoms with Crippen molar-refractivity contribution in [1.29, 1.82) is 0 Å². The number of guanidine groups is 1. The number of halogens is 1. The van der Waals surface area contributed by atoms with E-state index < -0.39 is 0 Å². The summed E-state index contributed by atoms with van der Waals surface area (Å²) < 4.78 is 19.3. The zero-order valence-electron chi connectivity index (χ0n) is 18.2. The Bertz CT molecular complexity index is 667. The molecule has 5 nitrogen and oxygen atoms in total. The van der Waals surface area contributed by atoms with Crippen molar-refractivity contribution in [1.82, 2.24) is 15.5 Å². The number of hydrogen-bond acceptors (Lipinski definition) is 3. The van der Waals surface area contributed by atoms with Gasteiger partial charge >= 0.3 is 0 Å². The van der Waals surface area contributed by atoms with Crippen molar-refractivity contribution in [3.05, 3.63) is 35.6 Å². The second-order valence-electron chi connectivity index (χ2n) is 8.67. The summed E-state index contributed by atoms with van der Waals surface area (Å²) in [5.41, 5.74) is 1.10. The fraction of sp³-hybridized carbons (Fsp3) is 0.696. The topological polar surface area (TPSA) is 48.9 Å². The largest absolute Gasteiger partial charge is 0.377 e. The lowest BCUT2D eigenvalue weighted by Gasteiger charge is -2.33. The molecule has 1 saturated carbocycles. The van der Waals surface area contributed by atoms with Gasteiger partial charge in [-0.3, -0.25) is 4.99 Å². The fourth-order valence-corrected chi connectivity index (χ4v) is 3.97. The average Bonchev–Trinajstić information content (AvgIpc) is 3.49. The third kappa shape index (κ3) is 6.68. The van der Waals surface area contributed by atoms with E-state index in [1.54, 1.807) is 12.1 Å². The van der Waals surface area contributed by atoms with Gasteiger partial charge in [-0.15, -0.1) is 0 Å². The van der Waals surface area contributed by atoms with Crippen LogP contribution in [-0.2, 0) is 10.2 Å². The number of piperidine rings is 1. The number of likely N-dealkylation sites (tertiary alicyclic amines) is 1. The van der Waals surface area contributed by atoms with E-state index in [0.717, 1.165) is 70.0 Å². The molecular weight excluding hydrogens is 367 g/mol. The molecule has 29 heavy (non-hydrogen) atoms. The molecule has 2 aliphatic rings. The first-order valence-electron chi connectivity index (χ1n) is 11.2. The van der Waals surface area contributed by atoms with E-state index in [1.165, 1.54) is 6.07 Å². The molecule has 0 atom stereocenters. The third-order valence-electron chi connectivity index (χ3n) is 5.96. The van der Waals surface area contributed by atoms with Crippen LogP contribution >= 0.6 is 0 Å². The van der Waals surface area contributed by atoms with Gasteiger partial charge in [-0.1, -0.05) is 12.1 Å². The number of hydrogen-bond donors (Lipinski definition) is 2. The molecule has 0 bridgehead atoms. The van der Waals surface area contributed by atoms with Gasteiger partial charge < -0.3 is 20.3 Å². The van der Waals surface area contributed by atoms with Gasteiger partial charge in [0.25, 0.3) is 0 Å². The Kier molecular flexibility index (Phi) is 7.90. The van der Waals surface area contributed by atoms with Crippen LogP contribution in [0.25, 0.3) is 0 Å². The molecular formula is C23H37FN4O. The summed E-state index contributed by atoms with van der Waals surface area (Å²) in [6.07, 6.45) is 4.68. The Balaban J connectivity index is 1.49. The van der Waals surface area contributed by atoms with Crippen molar-refractivity contribution in [2.75, 3.05) is 39.3 Å². The maximum atomic E-state index is 13.6. The lowest BCUT2D eigenvalue weighted by Crippen LogP contribution is -2.49. The van der Waals surface area contributed by atoms with E-state index in [4.69, 9.17) is 9.73 Å². The molecule has 2 N–H and O–H groups in total. The lowest BCUT2D eigenvalue weighted by molar-refractivity contribution is 0.0532. The Hall–Kier alpha value is -1.66. The summed E-state index contributed by atoms with van der Waals surface area (Å²) in [6, 6.07) is 7.46. The minimum atomic E-state index is -0.159. The van der Waals surface area contributed by atoms with E-state index in [9.17, 15) is 4.39 Å². The molecule has 1 aromatic rings. The highest BCUT2D eigenvalue weighted by Crippen LogP contribution is 2.48. The van der Waals surface area contributed by atoms with Crippen LogP contribution < -0.4 is 10.6 Å². The van der Waals surface area contributed by atoms with Crippen LogP contribution in [0.1, 0.15) is 52.0 Å². The maximum Gasteiger partial charge on any atom is 0.191 e. The molecule has 0 radical (unpaired) electrons. The number of rotatable bonds is 9. The van der Waals surface area contributed by atoms with E-state index in [0.29, 0.717) is 18.7 Å². The molecule has 1 aliphatic carbocycles. The Morgan fingerprint density at radius 3 is 2.69 bits per heavy atom. The standard InChI is InChI=1S/C23H37FN4O/c1-4-25-22(26-17-23(10-11-23)19-6-5-7-20(24)16-19)27-21-8-12-28(13-9-21)14-15-29-18(2)3/h5-7,16,18,21H,4,8-15,17H2,1-3H3,(H2,25,26,27). The molecule has 0 amide bonds. The van der Waals surface area contributed by atoms with Crippen LogP contribution in [0.4, 0.5) is 4.39 Å². The number of nitrogens with zero attached hydrogens (tertiary/aromatic N) is 2. The minimum Gasteiger partial charge on any atom is -0.377 e. The van der Waals surface area contributed by atoms with Crippen LogP contribution in [0.5, 0.6) is 0 Å². The van der Waals surface area contributed by atoms with Crippen LogP contribution in [0, 0.1) is 5.82 Å². The molecule has 0 aromatic heterocycles. The van der Waals surface area contributed by atoms with Crippen molar-refractivity contribution in [2.24, 2.45) is 4.99 Å². The summed E-state index contributed by atoms with van der Waals surface area (Å²) >= 11 is 0. The zero-order valence-corrected chi connectivity index (χ0v) is 18.2. The molecule has 2 fully saturated rings. The molecule has 1 saturated heterocycles. The second kappa shape index (κ2) is 10.4. The molecule has 3 rings (SSSR count). The quantitative estimate of drug-likeness (QED) is 0.490. The van der Waals surface area contributed by atoms with Gasteiger partial charge in [-0.2, -0.15) is 0 Å². The lowest BCUT2D eigenvalue weighted by atomic mass is 9.96. The van der Waals surface area contributed by atoms with Crippen molar-refractivity contribution < 1.29 is 9.13 Å². The first kappa shape index (κ1) is 22.0. The summed E-state index contributed by atoms with van der Waals surface area (Å²) in [7, 11) is 0. The first-order valence-corrected chi connectivity index (χ1v) is 11.2. The molecule has 162 valence electrons. The van der Waals surface area contributed by atoms with E-state index >= 15 is 0 Å². The van der Waals surface area contributed by atoms with Gasteiger partial charge in [0.2, 0.25) is 0 Å². The van der Waals surface area contributed by atoms with Crippen LogP contribution in [-0.4, -0.2) is 62.3 Å². The Morgan fingerprint density at radius 2 is 2.07 bits per heavy atom. The normalized spacial score (nSPS) is 20.1. The summed E-state index contributed by atoms with van der Waals surface area (Å²) in [5, 5.41) is 7.00. The molecule has 1 aliphatic heterocycles. The van der Waals surface area contributed by atoms with Gasteiger partial charge in [0.05, 0.1) is 19.3 Å². The fourth-order valence-electron chi connectivity index (χ4n) is 3.97. The average molecular weight is 405 g/mol. The van der Waals surface area contributed by atoms with Crippen molar-refractivity contribution >= 4 is 5.96 Å². The SMILES string of the molecule is CCNC(=NCC1(c2cccc(F)c2)CC1)NC1CCN(CCOC(C)C)CC1. The maximum absolute atomic E-state index is 13.6. The second-order valence-corrected chi connectivity index (χ2v) is 8.67. The predicted molar refractivity (Wildman–Crippen MR) is 117 cm³/mol. The Morgan fingerprint density at radius 1 is 1.31 bits per heavy atom. The number of ether oxygens (including phenoxy) is 1. The van der Waals surface area contributed by atoms with E-state index in [-0.39, 0.29) is 11.2 Å². The molecule has 6 heteroatoms. The van der Waals surface area contributed by atoms with E-state index in [2.05, 4.69) is 36.3 Å². The highest BCUT2D eigenvalue weighted by atomic mass is 19.1. The van der Waals surface area contributed by atoms with Crippen LogP contribution in [0.15, 0.2) is 29.3 Å². The van der Waals surface area contributed by atoms with E-state index in [1.807, 2.05) is 6.07 Å². The molecule has 1 aromatic carbocycles. The third-order valence-corrected chi connectivity index (χ3v) is 5.96. The van der Waals surface area contributed by atoms with Crippen LogP contribution in [0.2, 0.25) is 0 Å². The van der Waals surface area contributed by atoms with Crippen molar-refractivity contribution in [3.63, 3.8) is 0 Å². The number of benzene rings is 1. The highest BCUT2D eigenvalue weighted by molar-refractivity contribution is 5.80. The Labute approximate surface area is 175 Å². The summed E-state index contributed by atoms with van der Waals surface area (Å²) in [5.74, 6) is 0.727. The smallest absolute Gasteiger partial charge is 0.191 e. The van der Waals surface area contributed by atoms with Gasteiger partial charge in [0, 0.05) is 37.6 Å². The summed E-state index contributed by atoms with van der Waals surface area (Å²) in [6.45, 7) is 11.8. The predicted octanol–water partition coefficient (Wildman–Crippen LogP) is 3.30. The first-order chi connectivity index (χ1) is 14.0. The summed E-state index contributed by atoms with van der Waals surface area (Å²) in [4.78, 5) is 7.35.